The van der Waals surface area contributed by atoms with E-state index in [-0.39, 0.29) is 35.7 Å². The van der Waals surface area contributed by atoms with Crippen molar-refractivity contribution in [2.45, 2.75) is 25.9 Å². The largest absolute Gasteiger partial charge is 0.352 e. The molecule has 2 aromatic carbocycles. The number of halogens is 3. The number of anilines is 1. The van der Waals surface area contributed by atoms with Gasteiger partial charge >= 0.3 is 0 Å². The molecule has 2 aromatic rings. The van der Waals surface area contributed by atoms with Crippen LogP contribution in [0.4, 0.5) is 10.1 Å². The van der Waals surface area contributed by atoms with E-state index in [2.05, 4.69) is 31.6 Å². The van der Waals surface area contributed by atoms with Crippen LogP contribution in [0.1, 0.15) is 24.0 Å². The summed E-state index contributed by atoms with van der Waals surface area (Å²) in [5, 5.41) is 6.40. The van der Waals surface area contributed by atoms with Crippen molar-refractivity contribution in [2.75, 3.05) is 18.5 Å². The number of carbonyl (C=O) groups excluding carboxylic acids is 1. The van der Waals surface area contributed by atoms with Crippen LogP contribution < -0.4 is 15.5 Å². The van der Waals surface area contributed by atoms with E-state index in [0.717, 1.165) is 29.8 Å². The summed E-state index contributed by atoms with van der Waals surface area (Å²) in [4.78, 5) is 17.8. The third kappa shape index (κ3) is 5.91. The van der Waals surface area contributed by atoms with Crippen molar-refractivity contribution in [1.29, 1.82) is 0 Å². The van der Waals surface area contributed by atoms with Crippen molar-refractivity contribution >= 4 is 57.5 Å². The number of hydrogen-bond donors (Lipinski definition) is 2. The molecule has 0 saturated carbocycles. The molecule has 28 heavy (non-hydrogen) atoms. The average molecular weight is 561 g/mol. The van der Waals surface area contributed by atoms with Crippen molar-refractivity contribution in [3.05, 3.63) is 63.9 Å². The summed E-state index contributed by atoms with van der Waals surface area (Å²) in [6.07, 6.45) is 1.56. The lowest BCUT2D eigenvalue weighted by Crippen LogP contribution is -2.36. The summed E-state index contributed by atoms with van der Waals surface area (Å²) in [5.74, 6) is 0.542. The first-order chi connectivity index (χ1) is 13.1. The highest BCUT2D eigenvalue weighted by molar-refractivity contribution is 14.0. The molecule has 8 heteroatoms. The van der Waals surface area contributed by atoms with Gasteiger partial charge in [-0.3, -0.25) is 9.79 Å². The Morgan fingerprint density at radius 2 is 1.79 bits per heavy atom. The predicted octanol–water partition coefficient (Wildman–Crippen LogP) is 4.20. The number of amides is 1. The van der Waals surface area contributed by atoms with Gasteiger partial charge in [-0.05, 0) is 57.7 Å². The number of benzene rings is 2. The molecule has 5 nitrogen and oxygen atoms in total. The van der Waals surface area contributed by atoms with Gasteiger partial charge in [0.2, 0.25) is 5.91 Å². The number of rotatable bonds is 5. The molecule has 0 aromatic heterocycles. The lowest BCUT2D eigenvalue weighted by atomic mass is 10.2. The molecule has 1 amide bonds. The molecule has 0 aliphatic carbocycles. The van der Waals surface area contributed by atoms with E-state index < -0.39 is 0 Å². The highest BCUT2D eigenvalue weighted by Gasteiger charge is 2.21. The first kappa shape index (κ1) is 22.6. The molecule has 1 aliphatic rings. The van der Waals surface area contributed by atoms with Gasteiger partial charge in [0, 0.05) is 38.8 Å². The number of aliphatic imine (C=N–C) groups is 1. The zero-order valence-electron chi connectivity index (χ0n) is 15.5. The SMILES string of the molecule is CN=C(NCc1ccc(N2CCCC2=O)cc1)NCc1ccc(Br)c(F)c1.I. The van der Waals surface area contributed by atoms with Crippen LogP contribution in [-0.4, -0.2) is 25.5 Å². The number of nitrogens with zero attached hydrogens (tertiary/aromatic N) is 2. The maximum Gasteiger partial charge on any atom is 0.227 e. The molecule has 0 radical (unpaired) electrons. The smallest absolute Gasteiger partial charge is 0.227 e. The summed E-state index contributed by atoms with van der Waals surface area (Å²) in [6, 6.07) is 13.0. The molecule has 0 unspecified atom stereocenters. The van der Waals surface area contributed by atoms with Gasteiger partial charge in [0.05, 0.1) is 4.47 Å². The molecule has 3 rings (SSSR count). The van der Waals surface area contributed by atoms with E-state index in [0.29, 0.717) is 29.9 Å². The fraction of sp³-hybridized carbons (Fsp3) is 0.300. The first-order valence-electron chi connectivity index (χ1n) is 8.84. The number of carbonyl (C=O) groups is 1. The third-order valence-electron chi connectivity index (χ3n) is 4.45. The highest BCUT2D eigenvalue weighted by Crippen LogP contribution is 2.21. The Hall–Kier alpha value is -1.68. The predicted molar refractivity (Wildman–Crippen MR) is 125 cm³/mol. The van der Waals surface area contributed by atoms with Crippen molar-refractivity contribution in [2.24, 2.45) is 4.99 Å². The second kappa shape index (κ2) is 10.8. The molecule has 1 aliphatic heterocycles. The minimum atomic E-state index is -0.283. The second-order valence-electron chi connectivity index (χ2n) is 6.34. The van der Waals surface area contributed by atoms with Gasteiger partial charge in [0.25, 0.3) is 0 Å². The summed E-state index contributed by atoms with van der Waals surface area (Å²) >= 11 is 3.15. The van der Waals surface area contributed by atoms with Crippen LogP contribution in [0.2, 0.25) is 0 Å². The summed E-state index contributed by atoms with van der Waals surface area (Å²) in [5.41, 5.74) is 2.86. The lowest BCUT2D eigenvalue weighted by Gasteiger charge is -2.16. The average Bonchev–Trinajstić information content (AvgIpc) is 3.11. The Morgan fingerprint density at radius 3 is 2.36 bits per heavy atom. The fourth-order valence-electron chi connectivity index (χ4n) is 2.96. The molecule has 150 valence electrons. The number of nitrogens with one attached hydrogen (secondary N) is 2. The van der Waals surface area contributed by atoms with Gasteiger partial charge in [-0.1, -0.05) is 18.2 Å². The molecule has 1 fully saturated rings. The normalized spacial score (nSPS) is 14.0. The zero-order valence-corrected chi connectivity index (χ0v) is 19.5. The van der Waals surface area contributed by atoms with Gasteiger partial charge in [-0.25, -0.2) is 4.39 Å². The van der Waals surface area contributed by atoms with Gasteiger partial charge in [0.1, 0.15) is 5.82 Å². The number of hydrogen-bond acceptors (Lipinski definition) is 2. The van der Waals surface area contributed by atoms with E-state index in [1.54, 1.807) is 13.1 Å². The van der Waals surface area contributed by atoms with E-state index >= 15 is 0 Å². The van der Waals surface area contributed by atoms with E-state index in [1.807, 2.05) is 35.2 Å². The lowest BCUT2D eigenvalue weighted by molar-refractivity contribution is -0.117. The van der Waals surface area contributed by atoms with Gasteiger partial charge in [-0.15, -0.1) is 24.0 Å². The zero-order chi connectivity index (χ0) is 19.2. The quantitative estimate of drug-likeness (QED) is 0.327. The molecule has 1 heterocycles. The minimum absolute atomic E-state index is 0. The molecule has 2 N–H and O–H groups in total. The molecule has 0 atom stereocenters. The highest BCUT2D eigenvalue weighted by atomic mass is 127. The van der Waals surface area contributed by atoms with Crippen molar-refractivity contribution in [3.63, 3.8) is 0 Å². The fourth-order valence-corrected chi connectivity index (χ4v) is 3.20. The van der Waals surface area contributed by atoms with Gasteiger partial charge in [-0.2, -0.15) is 0 Å². The topological polar surface area (TPSA) is 56.7 Å². The van der Waals surface area contributed by atoms with Crippen LogP contribution >= 0.6 is 39.9 Å². The maximum atomic E-state index is 13.6. The minimum Gasteiger partial charge on any atom is -0.352 e. The third-order valence-corrected chi connectivity index (χ3v) is 5.09. The van der Waals surface area contributed by atoms with Crippen LogP contribution in [0.15, 0.2) is 51.9 Å². The molecule has 0 bridgehead atoms. The molecule has 0 spiro atoms. The van der Waals surface area contributed by atoms with Gasteiger partial charge < -0.3 is 15.5 Å². The molecule has 1 saturated heterocycles. The van der Waals surface area contributed by atoms with E-state index in [9.17, 15) is 9.18 Å². The van der Waals surface area contributed by atoms with Crippen molar-refractivity contribution < 1.29 is 9.18 Å². The van der Waals surface area contributed by atoms with Crippen molar-refractivity contribution in [1.82, 2.24) is 10.6 Å². The van der Waals surface area contributed by atoms with Crippen LogP contribution in [0.3, 0.4) is 0 Å². The van der Waals surface area contributed by atoms with Crippen molar-refractivity contribution in [3.8, 4) is 0 Å². The molecular weight excluding hydrogens is 538 g/mol. The van der Waals surface area contributed by atoms with Crippen LogP contribution in [0, 0.1) is 5.82 Å². The second-order valence-corrected chi connectivity index (χ2v) is 7.20. The Morgan fingerprint density at radius 1 is 1.14 bits per heavy atom. The van der Waals surface area contributed by atoms with E-state index in [1.165, 1.54) is 6.07 Å². The van der Waals surface area contributed by atoms with Gasteiger partial charge in [0.15, 0.2) is 5.96 Å². The molecular formula is C20H23BrFIN4O. The summed E-state index contributed by atoms with van der Waals surface area (Å²) in [7, 11) is 1.69. The monoisotopic (exact) mass is 560 g/mol. The van der Waals surface area contributed by atoms with Crippen LogP contribution in [0.5, 0.6) is 0 Å². The summed E-state index contributed by atoms with van der Waals surface area (Å²) in [6.45, 7) is 1.87. The van der Waals surface area contributed by atoms with Crippen LogP contribution in [0.25, 0.3) is 0 Å². The Bertz CT molecular complexity index is 845. The standard InChI is InChI=1S/C20H22BrFN4O.HI/c1-23-20(25-13-15-6-9-17(21)18(22)11-15)24-12-14-4-7-16(8-5-14)26-10-2-3-19(26)27;/h4-9,11H,2-3,10,12-13H2,1H3,(H2,23,24,25);1H. The van der Waals surface area contributed by atoms with E-state index in [4.69, 9.17) is 0 Å². The Balaban J connectivity index is 0.00000280. The first-order valence-corrected chi connectivity index (χ1v) is 9.64. The maximum absolute atomic E-state index is 13.6. The van der Waals surface area contributed by atoms with Crippen LogP contribution in [-0.2, 0) is 17.9 Å². The summed E-state index contributed by atoms with van der Waals surface area (Å²) < 4.78 is 14.0. The Kier molecular flexibility index (Phi) is 8.68. The number of guanidine groups is 1. The Labute approximate surface area is 189 Å².